The monoisotopic (exact) mass is 314 g/mol. The van der Waals surface area contributed by atoms with Gasteiger partial charge in [0.15, 0.2) is 0 Å². The largest absolute Gasteiger partial charge is 0.265 e. The fourth-order valence-corrected chi connectivity index (χ4v) is 1.59. The molecule has 0 radical (unpaired) electrons. The summed E-state index contributed by atoms with van der Waals surface area (Å²) in [6.07, 6.45) is 10.6. The molecule has 2 heterocycles. The van der Waals surface area contributed by atoms with Crippen molar-refractivity contribution in [3.05, 3.63) is 116 Å². The standard InChI is InChI=1S/C8H8.2C7H7N/c1-2-8-6-4-3-5-7-8;1-2-7-3-5-8-6-4-7;1-2-7-5-3-4-6-8-7/h2-7H,1H2;2*2-6H,1H2. The lowest BCUT2D eigenvalue weighted by molar-refractivity contribution is 1.30. The molecule has 0 unspecified atom stereocenters. The molecule has 2 heteroatoms. The van der Waals surface area contributed by atoms with Crippen LogP contribution in [0, 0.1) is 0 Å². The third kappa shape index (κ3) is 8.25. The molecule has 3 aromatic rings. The lowest BCUT2D eigenvalue weighted by Gasteiger charge is -1.85. The van der Waals surface area contributed by atoms with Crippen LogP contribution in [0.2, 0.25) is 0 Å². The highest BCUT2D eigenvalue weighted by molar-refractivity contribution is 5.46. The Balaban J connectivity index is 0.000000180. The average Bonchev–Trinajstić information content (AvgIpc) is 2.71. The van der Waals surface area contributed by atoms with Crippen LogP contribution in [0.3, 0.4) is 0 Å². The Morgan fingerprint density at radius 3 is 1.54 bits per heavy atom. The molecule has 0 aliphatic carbocycles. The fraction of sp³-hybridized carbons (Fsp3) is 0. The zero-order chi connectivity index (χ0) is 17.5. The molecule has 1 aromatic carbocycles. The molecule has 24 heavy (non-hydrogen) atoms. The lowest BCUT2D eigenvalue weighted by atomic mass is 10.2. The van der Waals surface area contributed by atoms with Gasteiger partial charge in [-0.3, -0.25) is 9.97 Å². The summed E-state index contributed by atoms with van der Waals surface area (Å²) in [4.78, 5) is 7.82. The zero-order valence-electron chi connectivity index (χ0n) is 13.8. The Morgan fingerprint density at radius 1 is 0.583 bits per heavy atom. The summed E-state index contributed by atoms with van der Waals surface area (Å²) in [6, 6.07) is 19.6. The third-order valence-electron chi connectivity index (χ3n) is 2.87. The second-order valence-electron chi connectivity index (χ2n) is 4.56. The fourth-order valence-electron chi connectivity index (χ4n) is 1.59. The molecule has 2 nitrogen and oxygen atoms in total. The van der Waals surface area contributed by atoms with Crippen molar-refractivity contribution in [2.75, 3.05) is 0 Å². The van der Waals surface area contributed by atoms with Gasteiger partial charge in [0, 0.05) is 18.6 Å². The minimum Gasteiger partial charge on any atom is -0.265 e. The molecule has 0 amide bonds. The number of hydrogen-bond donors (Lipinski definition) is 0. The number of rotatable bonds is 3. The zero-order valence-corrected chi connectivity index (χ0v) is 13.8. The Labute approximate surface area is 144 Å². The van der Waals surface area contributed by atoms with Gasteiger partial charge in [-0.15, -0.1) is 0 Å². The van der Waals surface area contributed by atoms with E-state index in [1.165, 1.54) is 5.56 Å². The van der Waals surface area contributed by atoms with Crippen LogP contribution in [0.1, 0.15) is 16.8 Å². The van der Waals surface area contributed by atoms with Gasteiger partial charge >= 0.3 is 0 Å². The van der Waals surface area contributed by atoms with E-state index in [0.717, 1.165) is 11.3 Å². The summed E-state index contributed by atoms with van der Waals surface area (Å²) in [5.41, 5.74) is 3.21. The Kier molecular flexibility index (Phi) is 9.63. The smallest absolute Gasteiger partial charge is 0.0623 e. The van der Waals surface area contributed by atoms with Gasteiger partial charge in [0.1, 0.15) is 0 Å². The number of hydrogen-bond acceptors (Lipinski definition) is 2. The Bertz CT molecular complexity index is 601. The molecule has 0 saturated carbocycles. The van der Waals surface area contributed by atoms with Gasteiger partial charge in [-0.1, -0.05) is 68.3 Å². The van der Waals surface area contributed by atoms with Gasteiger partial charge in [-0.25, -0.2) is 0 Å². The molecule has 120 valence electrons. The summed E-state index contributed by atoms with van der Waals surface area (Å²) in [7, 11) is 0. The maximum absolute atomic E-state index is 3.98. The van der Waals surface area contributed by atoms with Crippen LogP contribution in [0.4, 0.5) is 0 Å². The van der Waals surface area contributed by atoms with E-state index in [9.17, 15) is 0 Å². The normalized spacial score (nSPS) is 8.50. The molecule has 0 aliphatic heterocycles. The first kappa shape index (κ1) is 18.8. The first-order chi connectivity index (χ1) is 11.8. The van der Waals surface area contributed by atoms with Crippen LogP contribution >= 0.6 is 0 Å². The summed E-state index contributed by atoms with van der Waals surface area (Å²) in [5.74, 6) is 0. The predicted octanol–water partition coefficient (Wildman–Crippen LogP) is 5.78. The van der Waals surface area contributed by atoms with E-state index < -0.39 is 0 Å². The maximum Gasteiger partial charge on any atom is 0.0623 e. The molecular weight excluding hydrogens is 292 g/mol. The molecule has 0 atom stereocenters. The van der Waals surface area contributed by atoms with E-state index in [2.05, 4.69) is 29.7 Å². The highest BCUT2D eigenvalue weighted by atomic mass is 14.6. The number of aromatic nitrogens is 2. The number of pyridine rings is 2. The lowest BCUT2D eigenvalue weighted by Crippen LogP contribution is -1.73. The van der Waals surface area contributed by atoms with E-state index >= 15 is 0 Å². The summed E-state index contributed by atoms with van der Waals surface area (Å²) >= 11 is 0. The van der Waals surface area contributed by atoms with Gasteiger partial charge in [0.2, 0.25) is 0 Å². The predicted molar refractivity (Wildman–Crippen MR) is 105 cm³/mol. The van der Waals surface area contributed by atoms with Crippen LogP contribution in [0.5, 0.6) is 0 Å². The van der Waals surface area contributed by atoms with Crippen molar-refractivity contribution in [1.82, 2.24) is 9.97 Å². The van der Waals surface area contributed by atoms with Crippen LogP contribution in [0.25, 0.3) is 18.2 Å². The van der Waals surface area contributed by atoms with Crippen molar-refractivity contribution in [1.29, 1.82) is 0 Å². The van der Waals surface area contributed by atoms with Gasteiger partial charge in [-0.2, -0.15) is 0 Å². The minimum absolute atomic E-state index is 0.924. The molecular formula is C22H22N2. The highest BCUT2D eigenvalue weighted by Gasteiger charge is 1.78. The molecule has 0 fully saturated rings. The summed E-state index contributed by atoms with van der Waals surface area (Å²) in [5, 5.41) is 0. The van der Waals surface area contributed by atoms with Gasteiger partial charge < -0.3 is 0 Å². The number of benzene rings is 1. The van der Waals surface area contributed by atoms with Crippen LogP contribution < -0.4 is 0 Å². The van der Waals surface area contributed by atoms with Gasteiger partial charge in [0.05, 0.1) is 5.69 Å². The third-order valence-corrected chi connectivity index (χ3v) is 2.87. The SMILES string of the molecule is C=Cc1ccccc1.C=Cc1ccccn1.C=Cc1ccncc1. The second kappa shape index (κ2) is 12.3. The van der Waals surface area contributed by atoms with E-state index in [-0.39, 0.29) is 0 Å². The summed E-state index contributed by atoms with van der Waals surface area (Å²) in [6.45, 7) is 10.8. The quantitative estimate of drug-likeness (QED) is 0.612. The van der Waals surface area contributed by atoms with E-state index in [4.69, 9.17) is 0 Å². The maximum atomic E-state index is 3.98. The van der Waals surface area contributed by atoms with Crippen LogP contribution in [-0.2, 0) is 0 Å². The molecule has 2 aromatic heterocycles. The van der Waals surface area contributed by atoms with Crippen LogP contribution in [-0.4, -0.2) is 9.97 Å². The molecule has 0 bridgehead atoms. The van der Waals surface area contributed by atoms with Gasteiger partial charge in [0.25, 0.3) is 0 Å². The van der Waals surface area contributed by atoms with E-state index in [1.54, 1.807) is 30.7 Å². The van der Waals surface area contributed by atoms with Crippen molar-refractivity contribution in [2.24, 2.45) is 0 Å². The topological polar surface area (TPSA) is 25.8 Å². The Hall–Kier alpha value is -3.26. The number of nitrogens with zero attached hydrogens (tertiary/aromatic N) is 2. The van der Waals surface area contributed by atoms with Crippen molar-refractivity contribution in [2.45, 2.75) is 0 Å². The van der Waals surface area contributed by atoms with Crippen LogP contribution in [0.15, 0.2) is 99.0 Å². The average molecular weight is 314 g/mol. The minimum atomic E-state index is 0.924. The Morgan fingerprint density at radius 2 is 1.17 bits per heavy atom. The van der Waals surface area contributed by atoms with E-state index in [1.807, 2.05) is 66.7 Å². The highest BCUT2D eigenvalue weighted by Crippen LogP contribution is 1.97. The molecule has 3 rings (SSSR count). The van der Waals surface area contributed by atoms with Crippen molar-refractivity contribution < 1.29 is 0 Å². The second-order valence-corrected chi connectivity index (χ2v) is 4.56. The van der Waals surface area contributed by atoms with Gasteiger partial charge in [-0.05, 0) is 41.5 Å². The molecule has 0 spiro atoms. The van der Waals surface area contributed by atoms with Crippen molar-refractivity contribution in [3.63, 3.8) is 0 Å². The first-order valence-corrected chi connectivity index (χ1v) is 7.53. The molecule has 0 N–H and O–H groups in total. The van der Waals surface area contributed by atoms with E-state index in [0.29, 0.717) is 0 Å². The first-order valence-electron chi connectivity index (χ1n) is 7.53. The summed E-state index contributed by atoms with van der Waals surface area (Å²) < 4.78 is 0. The van der Waals surface area contributed by atoms with Crippen molar-refractivity contribution in [3.8, 4) is 0 Å². The molecule has 0 aliphatic rings. The van der Waals surface area contributed by atoms with Crippen molar-refractivity contribution >= 4 is 18.2 Å². The molecule has 0 saturated heterocycles.